The van der Waals surface area contributed by atoms with Gasteiger partial charge in [0.05, 0.1) is 6.04 Å². The molecule has 0 saturated heterocycles. The van der Waals surface area contributed by atoms with E-state index in [1.165, 1.54) is 23.3 Å². The first-order valence-corrected chi connectivity index (χ1v) is 6.40. The van der Waals surface area contributed by atoms with Crippen LogP contribution in [0.25, 0.3) is 0 Å². The van der Waals surface area contributed by atoms with Crippen molar-refractivity contribution in [2.24, 2.45) is 5.73 Å². The van der Waals surface area contributed by atoms with Crippen LogP contribution in [-0.2, 0) is 0 Å². The first kappa shape index (κ1) is 13.6. The number of benzene rings is 2. The molecule has 1 unspecified atom stereocenters. The first-order chi connectivity index (χ1) is 9.11. The molecule has 0 aliphatic rings. The summed E-state index contributed by atoms with van der Waals surface area (Å²) in [5, 5.41) is 3.43. The number of rotatable bonds is 4. The van der Waals surface area contributed by atoms with Gasteiger partial charge in [-0.1, -0.05) is 24.3 Å². The van der Waals surface area contributed by atoms with E-state index in [4.69, 9.17) is 5.73 Å². The predicted molar refractivity (Wildman–Crippen MR) is 77.7 cm³/mol. The maximum atomic E-state index is 12.9. The third-order valence-corrected chi connectivity index (χ3v) is 3.44. The molecule has 0 radical (unpaired) electrons. The summed E-state index contributed by atoms with van der Waals surface area (Å²) in [4.78, 5) is 0. The molecule has 19 heavy (non-hydrogen) atoms. The van der Waals surface area contributed by atoms with Crippen LogP contribution >= 0.6 is 0 Å². The highest BCUT2D eigenvalue weighted by atomic mass is 19.1. The van der Waals surface area contributed by atoms with E-state index >= 15 is 0 Å². The van der Waals surface area contributed by atoms with Crippen LogP contribution in [0.15, 0.2) is 42.5 Å². The van der Waals surface area contributed by atoms with Crippen molar-refractivity contribution in [3.05, 3.63) is 65.0 Å². The molecule has 2 nitrogen and oxygen atoms in total. The van der Waals surface area contributed by atoms with Crippen LogP contribution in [0.5, 0.6) is 0 Å². The molecule has 2 aromatic rings. The normalized spacial score (nSPS) is 12.2. The fraction of sp³-hybridized carbons (Fsp3) is 0.250. The van der Waals surface area contributed by atoms with Gasteiger partial charge in [0.15, 0.2) is 0 Å². The van der Waals surface area contributed by atoms with Crippen LogP contribution < -0.4 is 11.1 Å². The number of hydrogen-bond acceptors (Lipinski definition) is 2. The Balaban J connectivity index is 2.24. The molecule has 0 spiro atoms. The van der Waals surface area contributed by atoms with Crippen LogP contribution in [0, 0.1) is 19.7 Å². The number of aryl methyl sites for hydroxylation is 1. The Labute approximate surface area is 113 Å². The Morgan fingerprint density at radius 2 is 1.79 bits per heavy atom. The van der Waals surface area contributed by atoms with Gasteiger partial charge in [-0.05, 0) is 48.7 Å². The molecule has 0 amide bonds. The highest BCUT2D eigenvalue weighted by Gasteiger charge is 2.11. The van der Waals surface area contributed by atoms with E-state index in [1.807, 2.05) is 12.1 Å². The zero-order valence-corrected chi connectivity index (χ0v) is 11.3. The third-order valence-electron chi connectivity index (χ3n) is 3.44. The summed E-state index contributed by atoms with van der Waals surface area (Å²) in [6, 6.07) is 12.6. The quantitative estimate of drug-likeness (QED) is 0.880. The predicted octanol–water partition coefficient (Wildman–Crippen LogP) is 3.55. The average molecular weight is 258 g/mol. The van der Waals surface area contributed by atoms with Crippen molar-refractivity contribution >= 4 is 5.69 Å². The van der Waals surface area contributed by atoms with Crippen molar-refractivity contribution in [3.63, 3.8) is 0 Å². The number of anilines is 1. The Hall–Kier alpha value is -1.87. The van der Waals surface area contributed by atoms with E-state index in [1.54, 1.807) is 12.1 Å². The summed E-state index contributed by atoms with van der Waals surface area (Å²) in [7, 11) is 0. The van der Waals surface area contributed by atoms with Gasteiger partial charge in [-0.2, -0.15) is 0 Å². The maximum absolute atomic E-state index is 12.9. The Morgan fingerprint density at radius 1 is 1.11 bits per heavy atom. The highest BCUT2D eigenvalue weighted by molar-refractivity contribution is 5.55. The van der Waals surface area contributed by atoms with Crippen molar-refractivity contribution in [2.45, 2.75) is 19.9 Å². The van der Waals surface area contributed by atoms with Gasteiger partial charge >= 0.3 is 0 Å². The molecule has 2 rings (SSSR count). The minimum absolute atomic E-state index is 0.0129. The zero-order valence-electron chi connectivity index (χ0n) is 11.3. The molecule has 100 valence electrons. The van der Waals surface area contributed by atoms with Crippen molar-refractivity contribution in [1.82, 2.24) is 0 Å². The summed E-state index contributed by atoms with van der Waals surface area (Å²) in [6.45, 7) is 4.62. The summed E-state index contributed by atoms with van der Waals surface area (Å²) >= 11 is 0. The molecule has 0 aliphatic heterocycles. The number of nitrogens with one attached hydrogen (secondary N) is 1. The summed E-state index contributed by atoms with van der Waals surface area (Å²) in [5.41, 5.74) is 10.3. The molecule has 0 fully saturated rings. The van der Waals surface area contributed by atoms with E-state index in [-0.39, 0.29) is 11.9 Å². The molecule has 2 aromatic carbocycles. The van der Waals surface area contributed by atoms with Gasteiger partial charge in [0.2, 0.25) is 0 Å². The zero-order chi connectivity index (χ0) is 13.8. The van der Waals surface area contributed by atoms with E-state index in [2.05, 4.69) is 25.2 Å². The van der Waals surface area contributed by atoms with Crippen molar-refractivity contribution in [1.29, 1.82) is 0 Å². The Kier molecular flexibility index (Phi) is 4.17. The molecule has 3 N–H and O–H groups in total. The van der Waals surface area contributed by atoms with Crippen LogP contribution in [0.3, 0.4) is 0 Å². The minimum atomic E-state index is -0.230. The fourth-order valence-electron chi connectivity index (χ4n) is 2.07. The molecule has 0 aliphatic carbocycles. The second-order valence-electron chi connectivity index (χ2n) is 4.73. The van der Waals surface area contributed by atoms with Crippen LogP contribution in [0.1, 0.15) is 22.7 Å². The number of halogens is 1. The topological polar surface area (TPSA) is 38.0 Å². The molecular formula is C16H19FN2. The lowest BCUT2D eigenvalue weighted by atomic mass is 10.0. The molecule has 1 atom stereocenters. The van der Waals surface area contributed by atoms with Gasteiger partial charge in [-0.25, -0.2) is 4.39 Å². The summed E-state index contributed by atoms with van der Waals surface area (Å²) < 4.78 is 12.9. The van der Waals surface area contributed by atoms with E-state index in [0.29, 0.717) is 6.54 Å². The molecular weight excluding hydrogens is 239 g/mol. The van der Waals surface area contributed by atoms with E-state index in [0.717, 1.165) is 11.3 Å². The minimum Gasteiger partial charge on any atom is -0.377 e. The lowest BCUT2D eigenvalue weighted by Gasteiger charge is -2.20. The SMILES string of the molecule is Cc1cccc(NC(CN)c2ccc(F)cc2)c1C. The first-order valence-electron chi connectivity index (χ1n) is 6.40. The summed E-state index contributed by atoms with van der Waals surface area (Å²) in [6.07, 6.45) is 0. The largest absolute Gasteiger partial charge is 0.377 e. The van der Waals surface area contributed by atoms with Crippen LogP contribution in [0.2, 0.25) is 0 Å². The fourth-order valence-corrected chi connectivity index (χ4v) is 2.07. The van der Waals surface area contributed by atoms with Gasteiger partial charge in [0.25, 0.3) is 0 Å². The second kappa shape index (κ2) is 5.85. The molecule has 0 aromatic heterocycles. The number of hydrogen-bond donors (Lipinski definition) is 2. The van der Waals surface area contributed by atoms with E-state index < -0.39 is 0 Å². The van der Waals surface area contributed by atoms with Crippen LogP contribution in [-0.4, -0.2) is 6.54 Å². The lowest BCUT2D eigenvalue weighted by Crippen LogP contribution is -2.21. The van der Waals surface area contributed by atoms with E-state index in [9.17, 15) is 4.39 Å². The molecule has 0 heterocycles. The molecule has 0 bridgehead atoms. The Morgan fingerprint density at radius 3 is 2.42 bits per heavy atom. The molecule has 0 saturated carbocycles. The van der Waals surface area contributed by atoms with Crippen LogP contribution in [0.4, 0.5) is 10.1 Å². The van der Waals surface area contributed by atoms with Gasteiger partial charge in [-0.15, -0.1) is 0 Å². The van der Waals surface area contributed by atoms with Gasteiger partial charge in [0.1, 0.15) is 5.82 Å². The monoisotopic (exact) mass is 258 g/mol. The average Bonchev–Trinajstić information content (AvgIpc) is 2.42. The van der Waals surface area contributed by atoms with Crippen molar-refractivity contribution in [2.75, 3.05) is 11.9 Å². The maximum Gasteiger partial charge on any atom is 0.123 e. The van der Waals surface area contributed by atoms with Gasteiger partial charge in [-0.3, -0.25) is 0 Å². The standard InChI is InChI=1S/C16H19FN2/c1-11-4-3-5-15(12(11)2)19-16(10-18)13-6-8-14(17)9-7-13/h3-9,16,19H,10,18H2,1-2H3. The smallest absolute Gasteiger partial charge is 0.123 e. The van der Waals surface area contributed by atoms with Crippen molar-refractivity contribution in [3.8, 4) is 0 Å². The third kappa shape index (κ3) is 3.12. The number of nitrogens with two attached hydrogens (primary N) is 1. The lowest BCUT2D eigenvalue weighted by molar-refractivity contribution is 0.626. The second-order valence-corrected chi connectivity index (χ2v) is 4.73. The molecule has 3 heteroatoms. The van der Waals surface area contributed by atoms with Gasteiger partial charge in [0, 0.05) is 12.2 Å². The highest BCUT2D eigenvalue weighted by Crippen LogP contribution is 2.23. The summed E-state index contributed by atoms with van der Waals surface area (Å²) in [5.74, 6) is -0.230. The van der Waals surface area contributed by atoms with Crippen molar-refractivity contribution < 1.29 is 4.39 Å². The van der Waals surface area contributed by atoms with Gasteiger partial charge < -0.3 is 11.1 Å². The Bertz CT molecular complexity index is 549.